The van der Waals surface area contributed by atoms with Crippen LogP contribution in [-0.2, 0) is 14.8 Å². The van der Waals surface area contributed by atoms with Crippen LogP contribution in [0.5, 0.6) is 0 Å². The molecule has 100 valence electrons. The van der Waals surface area contributed by atoms with Crippen molar-refractivity contribution in [3.8, 4) is 6.07 Å². The molecule has 3 heterocycles. The van der Waals surface area contributed by atoms with Gasteiger partial charge in [-0.2, -0.15) is 9.57 Å². The van der Waals surface area contributed by atoms with Crippen molar-refractivity contribution in [2.75, 3.05) is 13.1 Å². The predicted molar refractivity (Wildman–Crippen MR) is 65.6 cm³/mol. The van der Waals surface area contributed by atoms with Gasteiger partial charge in [-0.25, -0.2) is 13.4 Å². The molecule has 6 nitrogen and oxygen atoms in total. The van der Waals surface area contributed by atoms with E-state index in [1.165, 1.54) is 22.6 Å². The van der Waals surface area contributed by atoms with E-state index < -0.39 is 10.0 Å². The average molecular weight is 279 g/mol. The topological polar surface area (TPSA) is 83.3 Å². The molecule has 0 aliphatic carbocycles. The van der Waals surface area contributed by atoms with Crippen LogP contribution < -0.4 is 0 Å². The molecule has 1 aromatic heterocycles. The zero-order valence-electron chi connectivity index (χ0n) is 10.2. The monoisotopic (exact) mass is 279 g/mol. The van der Waals surface area contributed by atoms with Crippen LogP contribution in [0.2, 0.25) is 0 Å². The Hall–Kier alpha value is -1.49. The molecule has 2 atom stereocenters. The first kappa shape index (κ1) is 12.5. The van der Waals surface area contributed by atoms with E-state index in [0.717, 1.165) is 12.8 Å². The quantitative estimate of drug-likeness (QED) is 0.787. The van der Waals surface area contributed by atoms with Crippen LogP contribution in [0, 0.1) is 11.3 Å². The second-order valence-electron chi connectivity index (χ2n) is 4.74. The first-order valence-corrected chi connectivity index (χ1v) is 7.56. The minimum absolute atomic E-state index is 0.0150. The maximum absolute atomic E-state index is 12.6. The highest BCUT2D eigenvalue weighted by Gasteiger charge is 2.40. The van der Waals surface area contributed by atoms with Crippen LogP contribution in [0.3, 0.4) is 0 Å². The number of nitriles is 1. The van der Waals surface area contributed by atoms with E-state index >= 15 is 0 Å². The summed E-state index contributed by atoms with van der Waals surface area (Å²) >= 11 is 0. The number of fused-ring (bicyclic) bond motifs is 2. The van der Waals surface area contributed by atoms with E-state index in [0.29, 0.717) is 13.1 Å². The van der Waals surface area contributed by atoms with Crippen molar-refractivity contribution in [2.45, 2.75) is 29.9 Å². The van der Waals surface area contributed by atoms with Crippen molar-refractivity contribution in [2.24, 2.45) is 0 Å². The molecule has 2 unspecified atom stereocenters. The number of aromatic nitrogens is 1. The SMILES string of the molecule is N#Cc1ncccc1S(=O)(=O)N1CC2CCC(C1)O2. The Morgan fingerprint density at radius 1 is 1.37 bits per heavy atom. The van der Waals surface area contributed by atoms with E-state index in [1.807, 2.05) is 6.07 Å². The molecule has 0 N–H and O–H groups in total. The van der Waals surface area contributed by atoms with Gasteiger partial charge in [0.2, 0.25) is 10.0 Å². The van der Waals surface area contributed by atoms with Crippen molar-refractivity contribution in [1.29, 1.82) is 5.26 Å². The molecule has 2 saturated heterocycles. The number of hydrogen-bond donors (Lipinski definition) is 0. The summed E-state index contributed by atoms with van der Waals surface area (Å²) in [6, 6.07) is 4.79. The zero-order valence-corrected chi connectivity index (χ0v) is 11.0. The second kappa shape index (κ2) is 4.56. The summed E-state index contributed by atoms with van der Waals surface area (Å²) in [5, 5.41) is 8.98. The van der Waals surface area contributed by atoms with E-state index in [4.69, 9.17) is 10.00 Å². The largest absolute Gasteiger partial charge is 0.372 e. The van der Waals surface area contributed by atoms with Crippen molar-refractivity contribution in [3.05, 3.63) is 24.0 Å². The van der Waals surface area contributed by atoms with Crippen LogP contribution in [0.4, 0.5) is 0 Å². The number of rotatable bonds is 2. The van der Waals surface area contributed by atoms with Gasteiger partial charge in [0.25, 0.3) is 0 Å². The standard InChI is InChI=1S/C12H13N3O3S/c13-6-11-12(2-1-5-14-11)19(16,17)15-7-9-3-4-10(8-15)18-9/h1-2,5,9-10H,3-4,7-8H2. The Bertz CT molecular complexity index is 626. The Morgan fingerprint density at radius 2 is 2.05 bits per heavy atom. The van der Waals surface area contributed by atoms with Gasteiger partial charge in [-0.1, -0.05) is 0 Å². The maximum atomic E-state index is 12.6. The molecule has 3 rings (SSSR count). The highest BCUT2D eigenvalue weighted by atomic mass is 32.2. The Labute approximate surface area is 111 Å². The van der Waals surface area contributed by atoms with Gasteiger partial charge < -0.3 is 4.74 Å². The minimum atomic E-state index is -3.66. The van der Waals surface area contributed by atoms with Crippen molar-refractivity contribution < 1.29 is 13.2 Å². The number of hydrogen-bond acceptors (Lipinski definition) is 5. The third kappa shape index (κ3) is 2.12. The van der Waals surface area contributed by atoms with Gasteiger partial charge in [-0.15, -0.1) is 0 Å². The predicted octanol–water partition coefficient (Wildman–Crippen LogP) is 0.505. The summed E-state index contributed by atoms with van der Waals surface area (Å²) in [7, 11) is -3.66. The van der Waals surface area contributed by atoms with Gasteiger partial charge in [0.15, 0.2) is 5.69 Å². The lowest BCUT2D eigenvalue weighted by atomic mass is 10.2. The maximum Gasteiger partial charge on any atom is 0.246 e. The number of pyridine rings is 1. The summed E-state index contributed by atoms with van der Waals surface area (Å²) in [4.78, 5) is 3.80. The minimum Gasteiger partial charge on any atom is -0.372 e. The summed E-state index contributed by atoms with van der Waals surface area (Å²) in [6.45, 7) is 0.719. The van der Waals surface area contributed by atoms with Crippen LogP contribution >= 0.6 is 0 Å². The van der Waals surface area contributed by atoms with Gasteiger partial charge in [0.1, 0.15) is 11.0 Å². The van der Waals surface area contributed by atoms with E-state index in [1.54, 1.807) is 0 Å². The van der Waals surface area contributed by atoms with Gasteiger partial charge in [-0.3, -0.25) is 0 Å². The highest BCUT2D eigenvalue weighted by molar-refractivity contribution is 7.89. The molecular formula is C12H13N3O3S. The van der Waals surface area contributed by atoms with Crippen LogP contribution in [-0.4, -0.2) is 43.0 Å². The van der Waals surface area contributed by atoms with Gasteiger partial charge in [0.05, 0.1) is 12.2 Å². The molecule has 0 saturated carbocycles. The molecule has 0 spiro atoms. The zero-order chi connectivity index (χ0) is 13.5. The number of sulfonamides is 1. The Morgan fingerprint density at radius 3 is 2.68 bits per heavy atom. The van der Waals surface area contributed by atoms with Crippen LogP contribution in [0.1, 0.15) is 18.5 Å². The van der Waals surface area contributed by atoms with Crippen LogP contribution in [0.15, 0.2) is 23.2 Å². The molecule has 0 radical (unpaired) electrons. The lowest BCUT2D eigenvalue weighted by Gasteiger charge is -2.31. The number of nitrogens with zero attached hydrogens (tertiary/aromatic N) is 3. The summed E-state index contributed by atoms with van der Waals surface area (Å²) < 4.78 is 32.2. The molecule has 0 amide bonds. The first-order chi connectivity index (χ1) is 9.11. The molecule has 0 aromatic carbocycles. The average Bonchev–Trinajstić information content (AvgIpc) is 2.77. The van der Waals surface area contributed by atoms with Crippen molar-refractivity contribution >= 4 is 10.0 Å². The fraction of sp³-hybridized carbons (Fsp3) is 0.500. The van der Waals surface area contributed by atoms with Crippen molar-refractivity contribution in [3.63, 3.8) is 0 Å². The van der Waals surface area contributed by atoms with Crippen LogP contribution in [0.25, 0.3) is 0 Å². The van der Waals surface area contributed by atoms with E-state index in [9.17, 15) is 8.42 Å². The molecule has 2 fully saturated rings. The van der Waals surface area contributed by atoms with Gasteiger partial charge in [-0.05, 0) is 25.0 Å². The summed E-state index contributed by atoms with van der Waals surface area (Å²) in [6.07, 6.45) is 3.18. The molecule has 2 aliphatic rings. The third-order valence-corrected chi connectivity index (χ3v) is 5.37. The summed E-state index contributed by atoms with van der Waals surface area (Å²) in [5.74, 6) is 0. The summed E-state index contributed by atoms with van der Waals surface area (Å²) in [5.41, 5.74) is -0.0543. The second-order valence-corrected chi connectivity index (χ2v) is 6.65. The van der Waals surface area contributed by atoms with E-state index in [2.05, 4.69) is 4.98 Å². The highest BCUT2D eigenvalue weighted by Crippen LogP contribution is 2.30. The molecule has 2 aliphatic heterocycles. The first-order valence-electron chi connectivity index (χ1n) is 6.12. The lowest BCUT2D eigenvalue weighted by Crippen LogP contribution is -2.45. The molecule has 7 heteroatoms. The lowest BCUT2D eigenvalue weighted by molar-refractivity contribution is -0.0114. The van der Waals surface area contributed by atoms with Gasteiger partial charge >= 0.3 is 0 Å². The smallest absolute Gasteiger partial charge is 0.246 e. The third-order valence-electron chi connectivity index (χ3n) is 3.50. The van der Waals surface area contributed by atoms with E-state index in [-0.39, 0.29) is 22.8 Å². The Kier molecular flexibility index (Phi) is 3.01. The van der Waals surface area contributed by atoms with Gasteiger partial charge in [0, 0.05) is 19.3 Å². The normalized spacial score (nSPS) is 27.1. The molecule has 19 heavy (non-hydrogen) atoms. The number of morpholine rings is 1. The fourth-order valence-electron chi connectivity index (χ4n) is 2.60. The van der Waals surface area contributed by atoms with Crippen molar-refractivity contribution in [1.82, 2.24) is 9.29 Å². The molecule has 2 bridgehead atoms. The molecule has 1 aromatic rings. The number of ether oxygens (including phenoxy) is 1. The molecular weight excluding hydrogens is 266 g/mol. The fourth-order valence-corrected chi connectivity index (χ4v) is 4.19. The Balaban J connectivity index is 1.97.